The van der Waals surface area contributed by atoms with E-state index in [1.54, 1.807) is 7.11 Å². The van der Waals surface area contributed by atoms with Gasteiger partial charge in [0.05, 0.1) is 12.6 Å². The van der Waals surface area contributed by atoms with Gasteiger partial charge in [0.2, 0.25) is 5.88 Å². The first kappa shape index (κ1) is 11.2. The molecular formula is C14H18N4O. The fourth-order valence-electron chi connectivity index (χ4n) is 3.91. The highest BCUT2D eigenvalue weighted by molar-refractivity contribution is 5.71. The summed E-state index contributed by atoms with van der Waals surface area (Å²) in [4.78, 5) is 12.4. The van der Waals surface area contributed by atoms with Crippen LogP contribution in [0.25, 0.3) is 11.2 Å². The first-order chi connectivity index (χ1) is 9.26. The van der Waals surface area contributed by atoms with Crippen LogP contribution in [0.2, 0.25) is 0 Å². The van der Waals surface area contributed by atoms with Crippen molar-refractivity contribution in [1.82, 2.24) is 15.0 Å². The summed E-state index contributed by atoms with van der Waals surface area (Å²) in [7, 11) is 1.62. The molecule has 5 nitrogen and oxygen atoms in total. The Morgan fingerprint density at radius 1 is 1.26 bits per heavy atom. The van der Waals surface area contributed by atoms with E-state index in [-0.39, 0.29) is 6.04 Å². The Balaban J connectivity index is 1.75. The van der Waals surface area contributed by atoms with Crippen molar-refractivity contribution in [2.24, 2.45) is 17.6 Å². The number of nitrogens with two attached hydrogens (primary N) is 1. The molecule has 4 unspecified atom stereocenters. The number of aromatic nitrogens is 3. The summed E-state index contributed by atoms with van der Waals surface area (Å²) in [5, 5.41) is 0. The molecule has 3 N–H and O–H groups in total. The van der Waals surface area contributed by atoms with Crippen LogP contribution in [0.1, 0.15) is 31.0 Å². The molecule has 0 aliphatic heterocycles. The van der Waals surface area contributed by atoms with E-state index in [0.717, 1.165) is 17.0 Å². The van der Waals surface area contributed by atoms with Crippen molar-refractivity contribution in [3.8, 4) is 5.88 Å². The Kier molecular flexibility index (Phi) is 2.33. The quantitative estimate of drug-likeness (QED) is 0.861. The van der Waals surface area contributed by atoms with Gasteiger partial charge in [-0.3, -0.25) is 0 Å². The number of hydrogen-bond donors (Lipinski definition) is 2. The van der Waals surface area contributed by atoms with Gasteiger partial charge in [-0.05, 0) is 37.2 Å². The van der Waals surface area contributed by atoms with Gasteiger partial charge in [-0.1, -0.05) is 0 Å². The summed E-state index contributed by atoms with van der Waals surface area (Å²) in [5.74, 6) is 3.37. The van der Waals surface area contributed by atoms with E-state index in [2.05, 4.69) is 15.0 Å². The number of aromatic amines is 1. The van der Waals surface area contributed by atoms with E-state index in [1.165, 1.54) is 19.3 Å². The molecule has 2 aliphatic rings. The number of imidazole rings is 1. The van der Waals surface area contributed by atoms with Crippen LogP contribution in [0.3, 0.4) is 0 Å². The van der Waals surface area contributed by atoms with Crippen molar-refractivity contribution in [1.29, 1.82) is 0 Å². The summed E-state index contributed by atoms with van der Waals surface area (Å²) in [5.41, 5.74) is 8.06. The monoisotopic (exact) mass is 258 g/mol. The number of pyridine rings is 1. The molecule has 2 bridgehead atoms. The molecule has 2 aromatic heterocycles. The Hall–Kier alpha value is -1.62. The Morgan fingerprint density at radius 3 is 2.84 bits per heavy atom. The molecule has 2 heterocycles. The summed E-state index contributed by atoms with van der Waals surface area (Å²) in [6, 6.07) is 4.07. The summed E-state index contributed by atoms with van der Waals surface area (Å²) < 4.78 is 5.14. The summed E-state index contributed by atoms with van der Waals surface area (Å²) in [6.07, 6.45) is 3.84. The third-order valence-corrected chi connectivity index (χ3v) is 4.84. The number of nitrogens with zero attached hydrogens (tertiary/aromatic N) is 2. The number of nitrogens with one attached hydrogen (secondary N) is 1. The first-order valence-corrected chi connectivity index (χ1v) is 6.92. The minimum absolute atomic E-state index is 0.251. The van der Waals surface area contributed by atoms with Gasteiger partial charge in [-0.15, -0.1) is 0 Å². The standard InChI is InChI=1S/C14H18N4O/c1-19-10-5-4-9-13(17-10)18-14(16-9)11-7-2-3-8(6-7)12(11)15/h4-5,7-8,11-12H,2-3,6,15H2,1H3,(H,16,17,18). The van der Waals surface area contributed by atoms with Gasteiger partial charge in [0, 0.05) is 18.0 Å². The van der Waals surface area contributed by atoms with E-state index in [1.807, 2.05) is 12.1 Å². The molecule has 0 saturated heterocycles. The lowest BCUT2D eigenvalue weighted by Crippen LogP contribution is -2.34. The maximum atomic E-state index is 6.37. The lowest BCUT2D eigenvalue weighted by Gasteiger charge is -2.26. The van der Waals surface area contributed by atoms with E-state index in [4.69, 9.17) is 10.5 Å². The molecule has 100 valence electrons. The zero-order valence-electron chi connectivity index (χ0n) is 11.0. The fraction of sp³-hybridized carbons (Fsp3) is 0.571. The molecule has 19 heavy (non-hydrogen) atoms. The van der Waals surface area contributed by atoms with Crippen LogP contribution in [-0.2, 0) is 0 Å². The van der Waals surface area contributed by atoms with E-state index in [9.17, 15) is 0 Å². The predicted octanol–water partition coefficient (Wildman–Crippen LogP) is 1.81. The second-order valence-electron chi connectivity index (χ2n) is 5.78. The maximum absolute atomic E-state index is 6.37. The zero-order chi connectivity index (χ0) is 13.0. The fourth-order valence-corrected chi connectivity index (χ4v) is 3.91. The SMILES string of the molecule is COc1ccc2[nH]c(C3C4CCC(C4)C3N)nc2n1. The molecule has 2 aliphatic carbocycles. The van der Waals surface area contributed by atoms with Crippen LogP contribution < -0.4 is 10.5 Å². The summed E-state index contributed by atoms with van der Waals surface area (Å²) >= 11 is 0. The van der Waals surface area contributed by atoms with Gasteiger partial charge < -0.3 is 15.5 Å². The minimum atomic E-state index is 0.251. The normalized spacial score (nSPS) is 33.2. The molecule has 0 aromatic carbocycles. The van der Waals surface area contributed by atoms with E-state index in [0.29, 0.717) is 23.6 Å². The highest BCUT2D eigenvalue weighted by atomic mass is 16.5. The molecule has 5 heteroatoms. The van der Waals surface area contributed by atoms with Crippen LogP contribution in [-0.4, -0.2) is 28.1 Å². The highest BCUT2D eigenvalue weighted by Crippen LogP contribution is 2.51. The average Bonchev–Trinajstić information content (AvgIpc) is 3.10. The molecule has 2 aromatic rings. The molecule has 0 radical (unpaired) electrons. The molecule has 0 amide bonds. The van der Waals surface area contributed by atoms with Crippen molar-refractivity contribution in [3.05, 3.63) is 18.0 Å². The highest BCUT2D eigenvalue weighted by Gasteiger charge is 2.47. The maximum Gasteiger partial charge on any atom is 0.215 e. The number of fused-ring (bicyclic) bond motifs is 3. The number of H-pyrrole nitrogens is 1. The molecule has 0 spiro atoms. The van der Waals surface area contributed by atoms with Gasteiger partial charge in [-0.25, -0.2) is 4.98 Å². The van der Waals surface area contributed by atoms with Crippen LogP contribution in [0.4, 0.5) is 0 Å². The van der Waals surface area contributed by atoms with Crippen molar-refractivity contribution in [2.45, 2.75) is 31.2 Å². The van der Waals surface area contributed by atoms with Crippen LogP contribution in [0.15, 0.2) is 12.1 Å². The van der Waals surface area contributed by atoms with Gasteiger partial charge in [0.1, 0.15) is 5.82 Å². The number of rotatable bonds is 2. The topological polar surface area (TPSA) is 76.8 Å². The van der Waals surface area contributed by atoms with Crippen LogP contribution in [0, 0.1) is 11.8 Å². The number of methoxy groups -OCH3 is 1. The second kappa shape index (κ2) is 3.93. The Bertz CT molecular complexity index is 621. The Labute approximate surface area is 111 Å². The third-order valence-electron chi connectivity index (χ3n) is 4.84. The molecular weight excluding hydrogens is 240 g/mol. The van der Waals surface area contributed by atoms with Gasteiger partial charge >= 0.3 is 0 Å². The van der Waals surface area contributed by atoms with Crippen molar-refractivity contribution in [3.63, 3.8) is 0 Å². The van der Waals surface area contributed by atoms with Crippen LogP contribution in [0.5, 0.6) is 5.88 Å². The summed E-state index contributed by atoms with van der Waals surface area (Å²) in [6.45, 7) is 0. The second-order valence-corrected chi connectivity index (χ2v) is 5.78. The average molecular weight is 258 g/mol. The van der Waals surface area contributed by atoms with Gasteiger partial charge in [0.15, 0.2) is 5.65 Å². The third kappa shape index (κ3) is 1.57. The van der Waals surface area contributed by atoms with E-state index >= 15 is 0 Å². The molecule has 2 fully saturated rings. The van der Waals surface area contributed by atoms with Crippen molar-refractivity contribution < 1.29 is 4.74 Å². The molecule has 2 saturated carbocycles. The predicted molar refractivity (Wildman–Crippen MR) is 72.0 cm³/mol. The molecule has 4 rings (SSSR count). The number of ether oxygens (including phenoxy) is 1. The zero-order valence-corrected chi connectivity index (χ0v) is 11.0. The van der Waals surface area contributed by atoms with Crippen molar-refractivity contribution in [2.75, 3.05) is 7.11 Å². The lowest BCUT2D eigenvalue weighted by atomic mass is 9.84. The first-order valence-electron chi connectivity index (χ1n) is 6.92. The minimum Gasteiger partial charge on any atom is -0.481 e. The smallest absolute Gasteiger partial charge is 0.215 e. The van der Waals surface area contributed by atoms with Crippen molar-refractivity contribution >= 4 is 11.2 Å². The largest absolute Gasteiger partial charge is 0.481 e. The van der Waals surface area contributed by atoms with Gasteiger partial charge in [0.25, 0.3) is 0 Å². The molecule has 4 atom stereocenters. The van der Waals surface area contributed by atoms with Gasteiger partial charge in [-0.2, -0.15) is 4.98 Å². The van der Waals surface area contributed by atoms with E-state index < -0.39 is 0 Å². The van der Waals surface area contributed by atoms with Crippen LogP contribution >= 0.6 is 0 Å². The number of hydrogen-bond acceptors (Lipinski definition) is 4. The lowest BCUT2D eigenvalue weighted by molar-refractivity contribution is 0.356. The Morgan fingerprint density at radius 2 is 2.11 bits per heavy atom.